The van der Waals surface area contributed by atoms with Gasteiger partial charge in [0.2, 0.25) is 0 Å². The Labute approximate surface area is 105 Å². The number of hydrogen-bond acceptors (Lipinski definition) is 6. The Bertz CT molecular complexity index is 248. The first-order chi connectivity index (χ1) is 8.07. The van der Waals surface area contributed by atoms with Crippen LogP contribution in [-0.2, 0) is 9.53 Å². The zero-order chi connectivity index (χ0) is 12.8. The number of thioether (sulfide) groups is 1. The van der Waals surface area contributed by atoms with Gasteiger partial charge in [0.15, 0.2) is 11.5 Å². The van der Waals surface area contributed by atoms with Crippen LogP contribution in [0.5, 0.6) is 0 Å². The van der Waals surface area contributed by atoms with Gasteiger partial charge in [0.1, 0.15) is 12.2 Å². The van der Waals surface area contributed by atoms with Crippen molar-refractivity contribution < 1.29 is 24.9 Å². The summed E-state index contributed by atoms with van der Waals surface area (Å²) in [6.07, 6.45) is 0.0831. The molecule has 1 aliphatic rings. The quantitative estimate of drug-likeness (QED) is 0.471. The number of aliphatic hydroxyl groups excluding tert-OH is 3. The van der Waals surface area contributed by atoms with Crippen LogP contribution in [0.25, 0.3) is 0 Å². The molecule has 0 amide bonds. The Morgan fingerprint density at radius 2 is 1.88 bits per heavy atom. The van der Waals surface area contributed by atoms with Crippen molar-refractivity contribution in [2.75, 3.05) is 5.75 Å². The number of aliphatic hydroxyl groups is 3. The Balaban J connectivity index is 2.30. The maximum absolute atomic E-state index is 11.1. The van der Waals surface area contributed by atoms with Gasteiger partial charge in [-0.1, -0.05) is 26.2 Å². The van der Waals surface area contributed by atoms with Crippen LogP contribution in [0.1, 0.15) is 32.6 Å². The lowest BCUT2D eigenvalue weighted by Gasteiger charge is -2.33. The second kappa shape index (κ2) is 7.20. The molecule has 1 fully saturated rings. The van der Waals surface area contributed by atoms with Crippen LogP contribution >= 0.6 is 11.8 Å². The third kappa shape index (κ3) is 4.13. The van der Waals surface area contributed by atoms with Crippen molar-refractivity contribution in [2.45, 2.75) is 56.4 Å². The molecule has 1 rings (SSSR count). The SMILES string of the molecule is CCCCCCSC1OC(=O)[C@H](O)[C@@H](O)[C@@H]1O. The normalized spacial score (nSPS) is 33.5. The fourth-order valence-electron chi connectivity index (χ4n) is 1.60. The summed E-state index contributed by atoms with van der Waals surface area (Å²) in [5.41, 5.74) is -0.775. The molecule has 1 unspecified atom stereocenters. The maximum atomic E-state index is 11.1. The monoisotopic (exact) mass is 264 g/mol. The second-order valence-corrected chi connectivity index (χ2v) is 5.37. The smallest absolute Gasteiger partial charge is 0.339 e. The summed E-state index contributed by atoms with van der Waals surface area (Å²) in [7, 11) is 0. The van der Waals surface area contributed by atoms with Crippen molar-refractivity contribution in [3.05, 3.63) is 0 Å². The lowest BCUT2D eigenvalue weighted by atomic mass is 10.1. The second-order valence-electron chi connectivity index (χ2n) is 4.16. The maximum Gasteiger partial charge on any atom is 0.339 e. The topological polar surface area (TPSA) is 87.0 Å². The summed E-state index contributed by atoms with van der Waals surface area (Å²) in [6.45, 7) is 2.12. The number of carbonyl (C=O) groups is 1. The van der Waals surface area contributed by atoms with E-state index in [4.69, 9.17) is 4.74 Å². The zero-order valence-electron chi connectivity index (χ0n) is 9.91. The van der Waals surface area contributed by atoms with Gasteiger partial charge in [0.05, 0.1) is 0 Å². The number of carbonyl (C=O) groups excluding carboxylic acids is 1. The van der Waals surface area contributed by atoms with Crippen LogP contribution in [0, 0.1) is 0 Å². The zero-order valence-corrected chi connectivity index (χ0v) is 10.7. The molecule has 6 heteroatoms. The van der Waals surface area contributed by atoms with Crippen molar-refractivity contribution in [3.63, 3.8) is 0 Å². The van der Waals surface area contributed by atoms with Crippen molar-refractivity contribution in [2.24, 2.45) is 0 Å². The minimum Gasteiger partial charge on any atom is -0.446 e. The van der Waals surface area contributed by atoms with E-state index in [-0.39, 0.29) is 0 Å². The number of cyclic esters (lactones) is 1. The number of esters is 1. The Morgan fingerprint density at radius 1 is 1.18 bits per heavy atom. The van der Waals surface area contributed by atoms with E-state index in [1.165, 1.54) is 11.8 Å². The van der Waals surface area contributed by atoms with Crippen molar-refractivity contribution in [3.8, 4) is 0 Å². The molecule has 0 radical (unpaired) electrons. The minimum absolute atomic E-state index is 0.762. The minimum atomic E-state index is -1.64. The van der Waals surface area contributed by atoms with Crippen LogP contribution < -0.4 is 0 Å². The summed E-state index contributed by atoms with van der Waals surface area (Å²) in [6, 6.07) is 0. The summed E-state index contributed by atoms with van der Waals surface area (Å²) in [5, 5.41) is 28.2. The van der Waals surface area contributed by atoms with E-state index < -0.39 is 29.7 Å². The van der Waals surface area contributed by atoms with Crippen LogP contribution in [0.2, 0.25) is 0 Å². The van der Waals surface area contributed by atoms with Crippen molar-refractivity contribution >= 4 is 17.7 Å². The molecule has 100 valence electrons. The standard InChI is InChI=1S/C11H20O5S/c1-2-3-4-5-6-17-11-9(14)7(12)8(13)10(15)16-11/h7-9,11-14H,2-6H2,1H3/t7-,8-,9+,11?/m1/s1. The van der Waals surface area contributed by atoms with Gasteiger partial charge in [-0.05, 0) is 12.2 Å². The predicted octanol–water partition coefficient (Wildman–Crippen LogP) is 0.265. The number of hydrogen-bond donors (Lipinski definition) is 3. The molecule has 0 aromatic heterocycles. The van der Waals surface area contributed by atoms with Gasteiger partial charge in [-0.25, -0.2) is 4.79 Å². The van der Waals surface area contributed by atoms with E-state index in [9.17, 15) is 20.1 Å². The lowest BCUT2D eigenvalue weighted by Crippen LogP contribution is -2.54. The molecule has 17 heavy (non-hydrogen) atoms. The average molecular weight is 264 g/mol. The van der Waals surface area contributed by atoms with Gasteiger partial charge in [-0.2, -0.15) is 0 Å². The van der Waals surface area contributed by atoms with Crippen LogP contribution in [-0.4, -0.2) is 50.8 Å². The van der Waals surface area contributed by atoms with E-state index in [0.29, 0.717) is 0 Å². The number of rotatable bonds is 6. The van der Waals surface area contributed by atoms with Gasteiger partial charge in [-0.15, -0.1) is 11.8 Å². The third-order valence-electron chi connectivity index (χ3n) is 2.71. The molecule has 1 saturated heterocycles. The summed E-state index contributed by atoms with van der Waals surface area (Å²) < 4.78 is 4.85. The van der Waals surface area contributed by atoms with E-state index >= 15 is 0 Å². The molecule has 3 N–H and O–H groups in total. The largest absolute Gasteiger partial charge is 0.446 e. The predicted molar refractivity (Wildman–Crippen MR) is 64.5 cm³/mol. The van der Waals surface area contributed by atoms with Crippen molar-refractivity contribution in [1.29, 1.82) is 0 Å². The van der Waals surface area contributed by atoms with Crippen LogP contribution in [0.15, 0.2) is 0 Å². The molecule has 0 aliphatic carbocycles. The molecule has 0 aromatic rings. The van der Waals surface area contributed by atoms with E-state index in [0.717, 1.165) is 31.4 Å². The van der Waals surface area contributed by atoms with Gasteiger partial charge in [0, 0.05) is 0 Å². The average Bonchev–Trinajstić information content (AvgIpc) is 2.32. The third-order valence-corrected chi connectivity index (χ3v) is 3.93. The molecule has 0 spiro atoms. The summed E-state index contributed by atoms with van der Waals surface area (Å²) in [5.74, 6) is -0.105. The van der Waals surface area contributed by atoms with Gasteiger partial charge >= 0.3 is 5.97 Å². The van der Waals surface area contributed by atoms with Crippen LogP contribution in [0.4, 0.5) is 0 Å². The Hall–Kier alpha value is -0.300. The first-order valence-electron chi connectivity index (χ1n) is 5.94. The first kappa shape index (κ1) is 14.8. The molecular formula is C11H20O5S. The summed E-state index contributed by atoms with van der Waals surface area (Å²) >= 11 is 1.30. The highest BCUT2D eigenvalue weighted by atomic mass is 32.2. The number of unbranched alkanes of at least 4 members (excludes halogenated alkanes) is 3. The fraction of sp³-hybridized carbons (Fsp3) is 0.909. The molecule has 4 atom stereocenters. The molecule has 0 aromatic carbocycles. The lowest BCUT2D eigenvalue weighted by molar-refractivity contribution is -0.190. The van der Waals surface area contributed by atoms with Crippen LogP contribution in [0.3, 0.4) is 0 Å². The van der Waals surface area contributed by atoms with Gasteiger partial charge in [0.25, 0.3) is 0 Å². The fourth-order valence-corrected chi connectivity index (χ4v) is 2.73. The highest BCUT2D eigenvalue weighted by Gasteiger charge is 2.43. The first-order valence-corrected chi connectivity index (χ1v) is 6.99. The number of ether oxygens (including phenoxy) is 1. The van der Waals surface area contributed by atoms with Crippen molar-refractivity contribution in [1.82, 2.24) is 0 Å². The summed E-state index contributed by atoms with van der Waals surface area (Å²) in [4.78, 5) is 11.1. The molecule has 5 nitrogen and oxygen atoms in total. The van der Waals surface area contributed by atoms with E-state index in [2.05, 4.69) is 6.92 Å². The highest BCUT2D eigenvalue weighted by molar-refractivity contribution is 7.99. The van der Waals surface area contributed by atoms with Gasteiger partial charge in [-0.3, -0.25) is 0 Å². The Morgan fingerprint density at radius 3 is 2.53 bits per heavy atom. The van der Waals surface area contributed by atoms with Gasteiger partial charge < -0.3 is 20.1 Å². The molecule has 1 aliphatic heterocycles. The highest BCUT2D eigenvalue weighted by Crippen LogP contribution is 2.26. The molecule has 0 saturated carbocycles. The molecule has 0 bridgehead atoms. The van der Waals surface area contributed by atoms with E-state index in [1.54, 1.807) is 0 Å². The Kier molecular flexibility index (Phi) is 6.26. The van der Waals surface area contributed by atoms with E-state index in [1.807, 2.05) is 0 Å². The molecule has 1 heterocycles. The molecular weight excluding hydrogens is 244 g/mol.